The van der Waals surface area contributed by atoms with Crippen molar-refractivity contribution in [3.63, 3.8) is 0 Å². The van der Waals surface area contributed by atoms with E-state index in [1.807, 2.05) is 11.9 Å². The van der Waals surface area contributed by atoms with Gasteiger partial charge in [0, 0.05) is 12.6 Å². The van der Waals surface area contributed by atoms with Gasteiger partial charge in [0.15, 0.2) is 0 Å². The molecule has 66 valence electrons. The molecular formula is C8H18N2O. The molecule has 0 bridgehead atoms. The fraction of sp³-hybridized carbons (Fsp3) is 0.875. The van der Waals surface area contributed by atoms with Crippen LogP contribution in [0.2, 0.25) is 0 Å². The molecule has 0 aromatic carbocycles. The smallest absolute Gasteiger partial charge is 0.233 e. The molecule has 0 aliphatic heterocycles. The third-order valence-electron chi connectivity index (χ3n) is 1.80. The van der Waals surface area contributed by atoms with Crippen LogP contribution in [0.1, 0.15) is 20.8 Å². The Bertz CT molecular complexity index is 138. The van der Waals surface area contributed by atoms with Crippen molar-refractivity contribution in [2.24, 2.45) is 0 Å². The number of rotatable bonds is 2. The zero-order valence-corrected chi connectivity index (χ0v) is 8.06. The Hall–Kier alpha value is -0.570. The molecule has 0 heterocycles. The highest BCUT2D eigenvalue weighted by atomic mass is 16.1. The first-order valence-electron chi connectivity index (χ1n) is 3.79. The third kappa shape index (κ3) is 3.98. The van der Waals surface area contributed by atoms with Gasteiger partial charge in [-0.3, -0.25) is 9.69 Å². The molecule has 0 atom stereocenters. The zero-order valence-electron chi connectivity index (χ0n) is 8.06. The number of likely N-dealkylation sites (N-methyl/N-ethyl adjacent to an activating group) is 2. The van der Waals surface area contributed by atoms with Crippen LogP contribution in [0.3, 0.4) is 0 Å². The predicted molar refractivity (Wildman–Crippen MR) is 46.4 cm³/mol. The number of amides is 1. The van der Waals surface area contributed by atoms with E-state index in [2.05, 4.69) is 26.1 Å². The van der Waals surface area contributed by atoms with Crippen molar-refractivity contribution in [2.45, 2.75) is 26.3 Å². The summed E-state index contributed by atoms with van der Waals surface area (Å²) in [5, 5.41) is 2.59. The van der Waals surface area contributed by atoms with Crippen LogP contribution in [-0.2, 0) is 4.79 Å². The number of carbonyl (C=O) groups is 1. The van der Waals surface area contributed by atoms with E-state index in [0.29, 0.717) is 6.54 Å². The normalized spacial score (nSPS) is 11.8. The average Bonchev–Trinajstić information content (AvgIpc) is 1.85. The largest absolute Gasteiger partial charge is 0.358 e. The standard InChI is InChI=1S/C8H18N2O/c1-8(2,3)10(5)6-7(11)9-4/h6H2,1-5H3,(H,9,11). The quantitative estimate of drug-likeness (QED) is 0.633. The number of carbonyl (C=O) groups excluding carboxylic acids is 1. The van der Waals surface area contributed by atoms with Gasteiger partial charge < -0.3 is 5.32 Å². The van der Waals surface area contributed by atoms with Crippen LogP contribution in [-0.4, -0.2) is 37.0 Å². The molecule has 1 amide bonds. The van der Waals surface area contributed by atoms with E-state index in [9.17, 15) is 4.79 Å². The van der Waals surface area contributed by atoms with Crippen molar-refractivity contribution >= 4 is 5.91 Å². The molecule has 3 nitrogen and oxygen atoms in total. The summed E-state index contributed by atoms with van der Waals surface area (Å²) in [6.07, 6.45) is 0. The van der Waals surface area contributed by atoms with E-state index in [-0.39, 0.29) is 11.4 Å². The van der Waals surface area contributed by atoms with Crippen molar-refractivity contribution in [1.29, 1.82) is 0 Å². The van der Waals surface area contributed by atoms with Gasteiger partial charge in [0.1, 0.15) is 0 Å². The number of nitrogens with zero attached hydrogens (tertiary/aromatic N) is 1. The van der Waals surface area contributed by atoms with Crippen LogP contribution in [0, 0.1) is 0 Å². The van der Waals surface area contributed by atoms with E-state index in [1.54, 1.807) is 7.05 Å². The maximum Gasteiger partial charge on any atom is 0.233 e. The van der Waals surface area contributed by atoms with Crippen molar-refractivity contribution in [3.8, 4) is 0 Å². The lowest BCUT2D eigenvalue weighted by Crippen LogP contribution is -2.43. The fourth-order valence-electron chi connectivity index (χ4n) is 0.532. The molecule has 0 spiro atoms. The first-order valence-corrected chi connectivity index (χ1v) is 3.79. The van der Waals surface area contributed by atoms with Crippen LogP contribution < -0.4 is 5.32 Å². The van der Waals surface area contributed by atoms with Gasteiger partial charge in [-0.05, 0) is 27.8 Å². The van der Waals surface area contributed by atoms with E-state index in [1.165, 1.54) is 0 Å². The topological polar surface area (TPSA) is 32.3 Å². The highest BCUT2D eigenvalue weighted by Crippen LogP contribution is 2.08. The molecule has 3 heteroatoms. The highest BCUT2D eigenvalue weighted by molar-refractivity contribution is 5.77. The first-order chi connectivity index (χ1) is 4.88. The SMILES string of the molecule is CNC(=O)CN(C)C(C)(C)C. The Morgan fingerprint density at radius 2 is 1.91 bits per heavy atom. The fourth-order valence-corrected chi connectivity index (χ4v) is 0.532. The minimum atomic E-state index is 0.0578. The Morgan fingerprint density at radius 3 is 2.18 bits per heavy atom. The molecule has 0 saturated carbocycles. The minimum Gasteiger partial charge on any atom is -0.358 e. The van der Waals surface area contributed by atoms with Gasteiger partial charge in [-0.15, -0.1) is 0 Å². The minimum absolute atomic E-state index is 0.0578. The van der Waals surface area contributed by atoms with Gasteiger partial charge in [0.05, 0.1) is 6.54 Å². The second kappa shape index (κ2) is 3.72. The lowest BCUT2D eigenvalue weighted by Gasteiger charge is -2.30. The summed E-state index contributed by atoms with van der Waals surface area (Å²) in [7, 11) is 3.59. The second-order valence-electron chi connectivity index (χ2n) is 3.70. The molecule has 0 rings (SSSR count). The van der Waals surface area contributed by atoms with Crippen LogP contribution in [0.25, 0.3) is 0 Å². The Kier molecular flexibility index (Phi) is 3.52. The van der Waals surface area contributed by atoms with Crippen molar-refractivity contribution in [1.82, 2.24) is 10.2 Å². The first kappa shape index (κ1) is 10.4. The molecule has 0 aliphatic carbocycles. The molecule has 0 saturated heterocycles. The molecule has 1 N–H and O–H groups in total. The average molecular weight is 158 g/mol. The molecule has 0 fully saturated rings. The van der Waals surface area contributed by atoms with E-state index < -0.39 is 0 Å². The Morgan fingerprint density at radius 1 is 1.45 bits per heavy atom. The number of nitrogens with one attached hydrogen (secondary N) is 1. The van der Waals surface area contributed by atoms with Crippen LogP contribution >= 0.6 is 0 Å². The molecule has 11 heavy (non-hydrogen) atoms. The lowest BCUT2D eigenvalue weighted by molar-refractivity contribution is -0.122. The predicted octanol–water partition coefficient (Wildman–Crippen LogP) is 0.463. The van der Waals surface area contributed by atoms with E-state index in [4.69, 9.17) is 0 Å². The summed E-state index contributed by atoms with van der Waals surface area (Å²) < 4.78 is 0. The zero-order chi connectivity index (χ0) is 9.07. The van der Waals surface area contributed by atoms with Crippen molar-refractivity contribution < 1.29 is 4.79 Å². The van der Waals surface area contributed by atoms with Gasteiger partial charge in [0.25, 0.3) is 0 Å². The van der Waals surface area contributed by atoms with E-state index >= 15 is 0 Å². The monoisotopic (exact) mass is 158 g/mol. The summed E-state index contributed by atoms with van der Waals surface area (Å²) >= 11 is 0. The highest BCUT2D eigenvalue weighted by Gasteiger charge is 2.18. The van der Waals surface area contributed by atoms with Crippen molar-refractivity contribution in [3.05, 3.63) is 0 Å². The summed E-state index contributed by atoms with van der Waals surface area (Å²) in [6, 6.07) is 0. The molecule has 0 aromatic rings. The van der Waals surface area contributed by atoms with Gasteiger partial charge in [-0.2, -0.15) is 0 Å². The summed E-state index contributed by atoms with van der Waals surface area (Å²) in [6.45, 7) is 6.70. The molecule has 0 unspecified atom stereocenters. The van der Waals surface area contributed by atoms with Gasteiger partial charge in [0.2, 0.25) is 5.91 Å². The number of hydrogen-bond donors (Lipinski definition) is 1. The van der Waals surface area contributed by atoms with Gasteiger partial charge in [-0.1, -0.05) is 0 Å². The van der Waals surface area contributed by atoms with Gasteiger partial charge in [-0.25, -0.2) is 0 Å². The molecule has 0 aliphatic rings. The molecular weight excluding hydrogens is 140 g/mol. The maximum absolute atomic E-state index is 10.9. The molecule has 0 radical (unpaired) electrons. The van der Waals surface area contributed by atoms with Crippen molar-refractivity contribution in [2.75, 3.05) is 20.6 Å². The Balaban J connectivity index is 3.87. The van der Waals surface area contributed by atoms with Crippen LogP contribution in [0.15, 0.2) is 0 Å². The third-order valence-corrected chi connectivity index (χ3v) is 1.80. The molecule has 0 aromatic heterocycles. The lowest BCUT2D eigenvalue weighted by atomic mass is 10.1. The summed E-state index contributed by atoms with van der Waals surface area (Å²) in [5.41, 5.74) is 0.0620. The summed E-state index contributed by atoms with van der Waals surface area (Å²) in [5.74, 6) is 0.0578. The number of hydrogen-bond acceptors (Lipinski definition) is 2. The second-order valence-corrected chi connectivity index (χ2v) is 3.70. The van der Waals surface area contributed by atoms with E-state index in [0.717, 1.165) is 0 Å². The van der Waals surface area contributed by atoms with Gasteiger partial charge >= 0.3 is 0 Å². The summed E-state index contributed by atoms with van der Waals surface area (Å²) in [4.78, 5) is 12.9. The maximum atomic E-state index is 10.9. The van der Waals surface area contributed by atoms with Crippen LogP contribution in [0.4, 0.5) is 0 Å². The van der Waals surface area contributed by atoms with Crippen LogP contribution in [0.5, 0.6) is 0 Å². The Labute approximate surface area is 68.8 Å².